The van der Waals surface area contributed by atoms with Gasteiger partial charge in [-0.1, -0.05) is 19.1 Å². The van der Waals surface area contributed by atoms with Crippen LogP contribution >= 0.6 is 0 Å². The van der Waals surface area contributed by atoms with Gasteiger partial charge in [-0.2, -0.15) is 0 Å². The van der Waals surface area contributed by atoms with Gasteiger partial charge in [0.15, 0.2) is 0 Å². The Labute approximate surface area is 117 Å². The van der Waals surface area contributed by atoms with Gasteiger partial charge in [-0.25, -0.2) is 4.39 Å². The average Bonchev–Trinajstić information content (AvgIpc) is 2.39. The molecular formula is C14H18FNO4. The fourth-order valence-corrected chi connectivity index (χ4v) is 1.82. The monoisotopic (exact) mass is 283 g/mol. The summed E-state index contributed by atoms with van der Waals surface area (Å²) in [6, 6.07) is 5.60. The highest BCUT2D eigenvalue weighted by molar-refractivity contribution is 5.82. The summed E-state index contributed by atoms with van der Waals surface area (Å²) in [6.45, 7) is 1.62. The molecule has 1 amide bonds. The van der Waals surface area contributed by atoms with Crippen LogP contribution in [0.3, 0.4) is 0 Å². The molecule has 0 bridgehead atoms. The van der Waals surface area contributed by atoms with Crippen molar-refractivity contribution >= 4 is 11.9 Å². The van der Waals surface area contributed by atoms with E-state index in [1.165, 1.54) is 36.3 Å². The normalized spacial score (nSPS) is 11.9. The SMILES string of the molecule is COCC(C)C(=O)N(CC(=O)O)Cc1ccc(F)cc1. The lowest BCUT2D eigenvalue weighted by atomic mass is 10.1. The van der Waals surface area contributed by atoms with Gasteiger partial charge in [-0.05, 0) is 17.7 Å². The first-order valence-corrected chi connectivity index (χ1v) is 6.18. The first-order chi connectivity index (χ1) is 9.43. The topological polar surface area (TPSA) is 66.8 Å². The zero-order valence-electron chi connectivity index (χ0n) is 11.5. The molecule has 0 aliphatic carbocycles. The fourth-order valence-electron chi connectivity index (χ4n) is 1.82. The number of benzene rings is 1. The first-order valence-electron chi connectivity index (χ1n) is 6.18. The quantitative estimate of drug-likeness (QED) is 0.824. The Bertz CT molecular complexity index is 461. The molecule has 0 aliphatic heterocycles. The Balaban J connectivity index is 2.80. The summed E-state index contributed by atoms with van der Waals surface area (Å²) >= 11 is 0. The summed E-state index contributed by atoms with van der Waals surface area (Å²) in [5, 5.41) is 8.88. The Morgan fingerprint density at radius 1 is 1.35 bits per heavy atom. The summed E-state index contributed by atoms with van der Waals surface area (Å²) < 4.78 is 17.7. The van der Waals surface area contributed by atoms with Crippen molar-refractivity contribution in [2.45, 2.75) is 13.5 Å². The number of nitrogens with zero attached hydrogens (tertiary/aromatic N) is 1. The van der Waals surface area contributed by atoms with Gasteiger partial charge in [-0.15, -0.1) is 0 Å². The van der Waals surface area contributed by atoms with Crippen LogP contribution in [0.25, 0.3) is 0 Å². The van der Waals surface area contributed by atoms with Gasteiger partial charge >= 0.3 is 5.97 Å². The van der Waals surface area contributed by atoms with Gasteiger partial charge in [0.25, 0.3) is 0 Å². The second-order valence-corrected chi connectivity index (χ2v) is 4.57. The lowest BCUT2D eigenvalue weighted by Gasteiger charge is -2.24. The van der Waals surface area contributed by atoms with E-state index in [1.54, 1.807) is 6.92 Å². The second kappa shape index (κ2) is 7.59. The molecule has 20 heavy (non-hydrogen) atoms. The minimum Gasteiger partial charge on any atom is -0.480 e. The van der Waals surface area contributed by atoms with Crippen molar-refractivity contribution in [1.82, 2.24) is 4.90 Å². The first kappa shape index (κ1) is 16.1. The predicted molar refractivity (Wildman–Crippen MR) is 70.5 cm³/mol. The van der Waals surface area contributed by atoms with Gasteiger partial charge in [0.1, 0.15) is 12.4 Å². The maximum Gasteiger partial charge on any atom is 0.323 e. The molecule has 0 saturated carbocycles. The number of carboxylic acids is 1. The van der Waals surface area contributed by atoms with Crippen LogP contribution in [0.5, 0.6) is 0 Å². The highest BCUT2D eigenvalue weighted by Crippen LogP contribution is 2.10. The number of halogens is 1. The van der Waals surface area contributed by atoms with Crippen molar-refractivity contribution in [3.05, 3.63) is 35.6 Å². The molecular weight excluding hydrogens is 265 g/mol. The third kappa shape index (κ3) is 4.97. The van der Waals surface area contributed by atoms with Crippen molar-refractivity contribution in [3.63, 3.8) is 0 Å². The van der Waals surface area contributed by atoms with Gasteiger partial charge in [0.05, 0.1) is 12.5 Å². The van der Waals surface area contributed by atoms with E-state index in [0.717, 1.165) is 0 Å². The molecule has 1 rings (SSSR count). The molecule has 0 aliphatic rings. The summed E-state index contributed by atoms with van der Waals surface area (Å²) in [4.78, 5) is 24.2. The number of aliphatic carboxylic acids is 1. The summed E-state index contributed by atoms with van der Waals surface area (Å²) in [7, 11) is 1.48. The number of ether oxygens (including phenoxy) is 1. The zero-order chi connectivity index (χ0) is 15.1. The number of hydrogen-bond acceptors (Lipinski definition) is 3. The maximum atomic E-state index is 12.8. The Hall–Kier alpha value is -1.95. The number of amides is 1. The molecule has 0 radical (unpaired) electrons. The average molecular weight is 283 g/mol. The molecule has 0 spiro atoms. The highest BCUT2D eigenvalue weighted by atomic mass is 19.1. The third-order valence-electron chi connectivity index (χ3n) is 2.76. The number of carbonyl (C=O) groups is 2. The molecule has 1 atom stereocenters. The van der Waals surface area contributed by atoms with E-state index in [0.29, 0.717) is 5.56 Å². The van der Waals surface area contributed by atoms with Crippen LogP contribution in [0, 0.1) is 11.7 Å². The van der Waals surface area contributed by atoms with Crippen LogP contribution in [0.15, 0.2) is 24.3 Å². The van der Waals surface area contributed by atoms with Crippen molar-refractivity contribution in [2.75, 3.05) is 20.3 Å². The lowest BCUT2D eigenvalue weighted by Crippen LogP contribution is -2.39. The Kier molecular flexibility index (Phi) is 6.11. The minimum absolute atomic E-state index is 0.124. The number of carbonyl (C=O) groups excluding carboxylic acids is 1. The molecule has 0 heterocycles. The van der Waals surface area contributed by atoms with Crippen LogP contribution < -0.4 is 0 Å². The van der Waals surface area contributed by atoms with Gasteiger partial charge in [-0.3, -0.25) is 9.59 Å². The van der Waals surface area contributed by atoms with Crippen LogP contribution in [-0.4, -0.2) is 42.1 Å². The highest BCUT2D eigenvalue weighted by Gasteiger charge is 2.22. The number of hydrogen-bond donors (Lipinski definition) is 1. The molecule has 6 heteroatoms. The van der Waals surface area contributed by atoms with E-state index in [9.17, 15) is 14.0 Å². The van der Waals surface area contributed by atoms with E-state index in [1.807, 2.05) is 0 Å². The molecule has 1 unspecified atom stereocenters. The van der Waals surface area contributed by atoms with E-state index < -0.39 is 18.4 Å². The third-order valence-corrected chi connectivity index (χ3v) is 2.76. The molecule has 0 fully saturated rings. The minimum atomic E-state index is -1.09. The standard InChI is InChI=1S/C14H18FNO4/c1-10(9-20-2)14(19)16(8-13(17)18)7-11-3-5-12(15)6-4-11/h3-6,10H,7-9H2,1-2H3,(H,17,18). The second-order valence-electron chi connectivity index (χ2n) is 4.57. The van der Waals surface area contributed by atoms with Crippen molar-refractivity contribution < 1.29 is 23.8 Å². The van der Waals surface area contributed by atoms with E-state index in [2.05, 4.69) is 0 Å². The predicted octanol–water partition coefficient (Wildman–Crippen LogP) is 1.52. The molecule has 5 nitrogen and oxygen atoms in total. The molecule has 0 aromatic heterocycles. The maximum absolute atomic E-state index is 12.8. The van der Waals surface area contributed by atoms with Gasteiger partial charge in [0.2, 0.25) is 5.91 Å². The van der Waals surface area contributed by atoms with Crippen molar-refractivity contribution in [1.29, 1.82) is 0 Å². The van der Waals surface area contributed by atoms with Crippen LogP contribution in [0.4, 0.5) is 4.39 Å². The van der Waals surface area contributed by atoms with E-state index in [-0.39, 0.29) is 24.9 Å². The molecule has 1 aromatic rings. The largest absolute Gasteiger partial charge is 0.480 e. The Morgan fingerprint density at radius 3 is 2.45 bits per heavy atom. The number of methoxy groups -OCH3 is 1. The van der Waals surface area contributed by atoms with Gasteiger partial charge < -0.3 is 14.7 Å². The van der Waals surface area contributed by atoms with E-state index in [4.69, 9.17) is 9.84 Å². The van der Waals surface area contributed by atoms with Gasteiger partial charge in [0, 0.05) is 13.7 Å². The fraction of sp³-hybridized carbons (Fsp3) is 0.429. The number of rotatable bonds is 7. The number of carboxylic acid groups (broad SMARTS) is 1. The molecule has 1 aromatic carbocycles. The van der Waals surface area contributed by atoms with E-state index >= 15 is 0 Å². The lowest BCUT2D eigenvalue weighted by molar-refractivity contribution is -0.147. The molecule has 110 valence electrons. The van der Waals surface area contributed by atoms with Crippen molar-refractivity contribution in [2.24, 2.45) is 5.92 Å². The molecule has 0 saturated heterocycles. The zero-order valence-corrected chi connectivity index (χ0v) is 11.5. The Morgan fingerprint density at radius 2 is 1.95 bits per heavy atom. The van der Waals surface area contributed by atoms with Crippen molar-refractivity contribution in [3.8, 4) is 0 Å². The van der Waals surface area contributed by atoms with Crippen LogP contribution in [0.1, 0.15) is 12.5 Å². The van der Waals surface area contributed by atoms with Crippen LogP contribution in [-0.2, 0) is 20.9 Å². The molecule has 1 N–H and O–H groups in total. The van der Waals surface area contributed by atoms with Crippen LogP contribution in [0.2, 0.25) is 0 Å². The summed E-state index contributed by atoms with van der Waals surface area (Å²) in [5.74, 6) is -2.21. The summed E-state index contributed by atoms with van der Waals surface area (Å²) in [6.07, 6.45) is 0. The summed E-state index contributed by atoms with van der Waals surface area (Å²) in [5.41, 5.74) is 0.672. The smallest absolute Gasteiger partial charge is 0.323 e.